The van der Waals surface area contributed by atoms with E-state index in [0.717, 1.165) is 36.2 Å². The minimum atomic E-state index is 0.000225. The Balaban J connectivity index is 1.54. The van der Waals surface area contributed by atoms with Crippen molar-refractivity contribution in [2.75, 3.05) is 5.32 Å². The van der Waals surface area contributed by atoms with E-state index in [-0.39, 0.29) is 6.03 Å². The average Bonchev–Trinajstić information content (AvgIpc) is 2.96. The zero-order valence-corrected chi connectivity index (χ0v) is 13.8. The largest absolute Gasteiger partial charge is 0.322 e. The summed E-state index contributed by atoms with van der Waals surface area (Å²) < 4.78 is 1.73. The fourth-order valence-electron chi connectivity index (χ4n) is 3.68. The quantitative estimate of drug-likeness (QED) is 0.908. The minimum Gasteiger partial charge on any atom is -0.318 e. The summed E-state index contributed by atoms with van der Waals surface area (Å²) in [6.45, 7) is 0. The van der Waals surface area contributed by atoms with Gasteiger partial charge in [-0.25, -0.2) is 4.79 Å². The highest BCUT2D eigenvalue weighted by Crippen LogP contribution is 2.38. The molecule has 3 heterocycles. The summed E-state index contributed by atoms with van der Waals surface area (Å²) in [6.07, 6.45) is 6.53. The van der Waals surface area contributed by atoms with Crippen LogP contribution in [-0.2, 0) is 7.05 Å². The van der Waals surface area contributed by atoms with E-state index in [1.54, 1.807) is 10.7 Å². The van der Waals surface area contributed by atoms with Gasteiger partial charge in [-0.1, -0.05) is 11.6 Å². The number of urea groups is 1. The summed E-state index contributed by atoms with van der Waals surface area (Å²) in [5, 5.41) is 8.02. The molecule has 2 bridgehead atoms. The van der Waals surface area contributed by atoms with Gasteiger partial charge in [0.2, 0.25) is 0 Å². The first-order valence-electron chi connectivity index (χ1n) is 8.01. The number of rotatable bonds is 2. The number of amides is 2. The SMILES string of the molecule is Cn1ccc(-c2cc(NC(=O)N3C4CCCC3C4)ccc2Cl)n1. The lowest BCUT2D eigenvalue weighted by Crippen LogP contribution is -2.62. The third kappa shape index (κ3) is 2.59. The van der Waals surface area contributed by atoms with Gasteiger partial charge in [0.1, 0.15) is 0 Å². The van der Waals surface area contributed by atoms with Gasteiger partial charge in [0.15, 0.2) is 0 Å². The Kier molecular flexibility index (Phi) is 3.53. The summed E-state index contributed by atoms with van der Waals surface area (Å²) in [7, 11) is 1.87. The lowest BCUT2D eigenvalue weighted by Gasteiger charge is -2.52. The zero-order valence-electron chi connectivity index (χ0n) is 13.0. The van der Waals surface area contributed by atoms with Crippen molar-refractivity contribution in [1.29, 1.82) is 0 Å². The van der Waals surface area contributed by atoms with Gasteiger partial charge in [-0.3, -0.25) is 4.68 Å². The predicted molar refractivity (Wildman–Crippen MR) is 90.6 cm³/mol. The second-order valence-corrected chi connectivity index (χ2v) is 6.79. The van der Waals surface area contributed by atoms with Crippen LogP contribution in [0, 0.1) is 0 Å². The summed E-state index contributed by atoms with van der Waals surface area (Å²) in [5.74, 6) is 0. The van der Waals surface area contributed by atoms with Crippen molar-refractivity contribution < 1.29 is 4.79 Å². The summed E-state index contributed by atoms with van der Waals surface area (Å²) >= 11 is 6.28. The molecule has 0 saturated carbocycles. The van der Waals surface area contributed by atoms with Crippen LogP contribution in [0.2, 0.25) is 5.02 Å². The number of halogens is 1. The molecule has 2 fully saturated rings. The molecule has 0 radical (unpaired) electrons. The average molecular weight is 331 g/mol. The van der Waals surface area contributed by atoms with E-state index in [0.29, 0.717) is 17.1 Å². The topological polar surface area (TPSA) is 50.2 Å². The van der Waals surface area contributed by atoms with Crippen molar-refractivity contribution in [3.8, 4) is 11.3 Å². The van der Waals surface area contributed by atoms with Gasteiger partial charge in [-0.2, -0.15) is 5.10 Å². The predicted octanol–water partition coefficient (Wildman–Crippen LogP) is 3.90. The Morgan fingerprint density at radius 3 is 2.74 bits per heavy atom. The molecule has 120 valence electrons. The zero-order chi connectivity index (χ0) is 16.0. The molecule has 1 N–H and O–H groups in total. The molecule has 2 aliphatic heterocycles. The molecule has 2 atom stereocenters. The highest BCUT2D eigenvalue weighted by Gasteiger charge is 2.44. The number of anilines is 1. The molecule has 2 aromatic rings. The van der Waals surface area contributed by atoms with E-state index >= 15 is 0 Å². The maximum absolute atomic E-state index is 12.5. The molecular weight excluding hydrogens is 312 g/mol. The molecule has 0 spiro atoms. The van der Waals surface area contributed by atoms with Gasteiger partial charge in [0, 0.05) is 36.6 Å². The molecule has 6 heteroatoms. The van der Waals surface area contributed by atoms with Gasteiger partial charge in [0.25, 0.3) is 0 Å². The van der Waals surface area contributed by atoms with Crippen LogP contribution in [0.5, 0.6) is 0 Å². The molecule has 2 saturated heterocycles. The van der Waals surface area contributed by atoms with E-state index in [4.69, 9.17) is 11.6 Å². The molecular formula is C17H19ClN4O. The third-order valence-electron chi connectivity index (χ3n) is 4.85. The first-order valence-corrected chi connectivity index (χ1v) is 8.38. The lowest BCUT2D eigenvalue weighted by molar-refractivity contribution is 0.0173. The monoisotopic (exact) mass is 330 g/mol. The fraction of sp³-hybridized carbons (Fsp3) is 0.412. The van der Waals surface area contributed by atoms with Crippen molar-refractivity contribution in [1.82, 2.24) is 14.7 Å². The van der Waals surface area contributed by atoms with Gasteiger partial charge in [-0.05, 0) is 49.9 Å². The van der Waals surface area contributed by atoms with Crippen LogP contribution in [0.4, 0.5) is 10.5 Å². The van der Waals surface area contributed by atoms with Crippen molar-refractivity contribution in [3.05, 3.63) is 35.5 Å². The molecule has 0 aliphatic carbocycles. The maximum Gasteiger partial charge on any atom is 0.322 e. The molecule has 4 rings (SSSR count). The summed E-state index contributed by atoms with van der Waals surface area (Å²) in [5.41, 5.74) is 2.38. The van der Waals surface area contributed by atoms with Crippen molar-refractivity contribution in [2.24, 2.45) is 7.05 Å². The highest BCUT2D eigenvalue weighted by molar-refractivity contribution is 6.33. The van der Waals surface area contributed by atoms with Crippen LogP contribution < -0.4 is 5.32 Å². The van der Waals surface area contributed by atoms with Crippen LogP contribution >= 0.6 is 11.6 Å². The van der Waals surface area contributed by atoms with Gasteiger partial charge >= 0.3 is 6.03 Å². The number of nitrogens with zero attached hydrogens (tertiary/aromatic N) is 3. The van der Waals surface area contributed by atoms with E-state index in [2.05, 4.69) is 10.4 Å². The number of hydrogen-bond donors (Lipinski definition) is 1. The van der Waals surface area contributed by atoms with Gasteiger partial charge in [-0.15, -0.1) is 0 Å². The maximum atomic E-state index is 12.5. The van der Waals surface area contributed by atoms with E-state index in [1.807, 2.05) is 36.3 Å². The van der Waals surface area contributed by atoms with Gasteiger partial charge in [0.05, 0.1) is 10.7 Å². The minimum absolute atomic E-state index is 0.000225. The third-order valence-corrected chi connectivity index (χ3v) is 5.18. The van der Waals surface area contributed by atoms with Crippen LogP contribution in [0.1, 0.15) is 25.7 Å². The first-order chi connectivity index (χ1) is 11.1. The number of fused-ring (bicyclic) bond motifs is 2. The van der Waals surface area contributed by atoms with Crippen molar-refractivity contribution >= 4 is 23.3 Å². The first kappa shape index (κ1) is 14.6. The van der Waals surface area contributed by atoms with E-state index < -0.39 is 0 Å². The standard InChI is InChI=1S/C17H19ClN4O/c1-21-8-7-16(20-21)14-9-11(5-6-15(14)18)19-17(23)22-12-3-2-4-13(22)10-12/h5-9,12-13H,2-4,10H2,1H3,(H,19,23). The van der Waals surface area contributed by atoms with E-state index in [9.17, 15) is 4.79 Å². The molecule has 1 aromatic carbocycles. The normalized spacial score (nSPS) is 22.6. The van der Waals surface area contributed by atoms with Crippen molar-refractivity contribution in [3.63, 3.8) is 0 Å². The molecule has 1 aromatic heterocycles. The smallest absolute Gasteiger partial charge is 0.318 e. The van der Waals surface area contributed by atoms with Crippen LogP contribution in [0.25, 0.3) is 11.3 Å². The molecule has 2 amide bonds. The molecule has 2 unspecified atom stereocenters. The number of aromatic nitrogens is 2. The second-order valence-electron chi connectivity index (χ2n) is 6.38. The number of hydrogen-bond acceptors (Lipinski definition) is 2. The molecule has 2 aliphatic rings. The lowest BCUT2D eigenvalue weighted by atomic mass is 9.80. The fourth-order valence-corrected chi connectivity index (χ4v) is 3.90. The Labute approximate surface area is 140 Å². The van der Waals surface area contributed by atoms with E-state index in [1.165, 1.54) is 6.42 Å². The number of carbonyl (C=O) groups excluding carboxylic acids is 1. The van der Waals surface area contributed by atoms with Crippen LogP contribution in [-0.4, -0.2) is 32.8 Å². The Morgan fingerprint density at radius 2 is 2.09 bits per heavy atom. The van der Waals surface area contributed by atoms with Crippen molar-refractivity contribution in [2.45, 2.75) is 37.8 Å². The number of aryl methyl sites for hydroxylation is 1. The molecule has 5 nitrogen and oxygen atoms in total. The summed E-state index contributed by atoms with van der Waals surface area (Å²) in [6, 6.07) is 8.29. The number of benzene rings is 1. The number of piperidine rings is 1. The summed E-state index contributed by atoms with van der Waals surface area (Å²) in [4.78, 5) is 14.5. The molecule has 23 heavy (non-hydrogen) atoms. The number of carbonyl (C=O) groups is 1. The van der Waals surface area contributed by atoms with Crippen LogP contribution in [0.15, 0.2) is 30.5 Å². The Hall–Kier alpha value is -2.01. The Bertz CT molecular complexity index is 743. The van der Waals surface area contributed by atoms with Gasteiger partial charge < -0.3 is 10.2 Å². The Morgan fingerprint density at radius 1 is 1.30 bits per heavy atom. The number of nitrogens with one attached hydrogen (secondary N) is 1. The van der Waals surface area contributed by atoms with Crippen LogP contribution in [0.3, 0.4) is 0 Å². The second kappa shape index (κ2) is 5.57. The highest BCUT2D eigenvalue weighted by atomic mass is 35.5.